The van der Waals surface area contributed by atoms with Gasteiger partial charge in [0.05, 0.1) is 12.3 Å². The fourth-order valence-corrected chi connectivity index (χ4v) is 1.97. The summed E-state index contributed by atoms with van der Waals surface area (Å²) in [6.45, 7) is 5.47. The number of hydrogen-bond donors (Lipinski definition) is 2. The number of hydrogen-bond acceptors (Lipinski definition) is 5. The van der Waals surface area contributed by atoms with Crippen LogP contribution in [0.4, 0.5) is 0 Å². The first kappa shape index (κ1) is 14.4. The zero-order valence-corrected chi connectivity index (χ0v) is 11.8. The minimum absolute atomic E-state index is 0.0592. The third-order valence-corrected chi connectivity index (χ3v) is 3.20. The van der Waals surface area contributed by atoms with Crippen LogP contribution in [0.15, 0.2) is 6.20 Å². The van der Waals surface area contributed by atoms with Crippen LogP contribution in [-0.2, 0) is 0 Å². The second-order valence-corrected chi connectivity index (χ2v) is 5.48. The smallest absolute Gasteiger partial charge is 0.342 e. The number of rotatable bonds is 5. The molecule has 1 saturated carbocycles. The molecule has 1 aliphatic rings. The highest BCUT2D eigenvalue weighted by molar-refractivity contribution is 5.89. The SMILES string of the molecule is CC(C)Oc1nc(=N)n(OC2(C)CCC2)cc1C(=O)O. The van der Waals surface area contributed by atoms with Gasteiger partial charge in [-0.25, -0.2) is 4.79 Å². The van der Waals surface area contributed by atoms with Gasteiger partial charge < -0.3 is 14.7 Å². The summed E-state index contributed by atoms with van der Waals surface area (Å²) in [6.07, 6.45) is 3.86. The van der Waals surface area contributed by atoms with Crippen molar-refractivity contribution in [2.45, 2.75) is 51.7 Å². The Balaban J connectivity index is 2.37. The molecule has 1 aliphatic carbocycles. The maximum atomic E-state index is 11.3. The normalized spacial score (nSPS) is 16.6. The van der Waals surface area contributed by atoms with E-state index in [2.05, 4.69) is 4.98 Å². The van der Waals surface area contributed by atoms with E-state index in [9.17, 15) is 9.90 Å². The van der Waals surface area contributed by atoms with Crippen molar-refractivity contribution < 1.29 is 19.5 Å². The second-order valence-electron chi connectivity index (χ2n) is 5.48. The summed E-state index contributed by atoms with van der Waals surface area (Å²) in [5.74, 6) is -1.22. The monoisotopic (exact) mass is 281 g/mol. The van der Waals surface area contributed by atoms with Crippen molar-refractivity contribution >= 4 is 5.97 Å². The number of nitrogens with zero attached hydrogens (tertiary/aromatic N) is 2. The molecule has 0 atom stereocenters. The van der Waals surface area contributed by atoms with Gasteiger partial charge in [0.1, 0.15) is 11.2 Å². The first-order valence-electron chi connectivity index (χ1n) is 6.58. The van der Waals surface area contributed by atoms with Crippen LogP contribution >= 0.6 is 0 Å². The number of aromatic carboxylic acids is 1. The largest absolute Gasteiger partial charge is 0.477 e. The van der Waals surface area contributed by atoms with Crippen molar-refractivity contribution in [1.82, 2.24) is 9.71 Å². The minimum atomic E-state index is -1.16. The third-order valence-electron chi connectivity index (χ3n) is 3.20. The van der Waals surface area contributed by atoms with E-state index in [1.54, 1.807) is 13.8 Å². The molecule has 0 unspecified atom stereocenters. The van der Waals surface area contributed by atoms with Gasteiger partial charge in [0, 0.05) is 0 Å². The molecule has 0 aliphatic heterocycles. The Kier molecular flexibility index (Phi) is 3.69. The summed E-state index contributed by atoms with van der Waals surface area (Å²) in [4.78, 5) is 20.8. The Morgan fingerprint density at radius 3 is 2.65 bits per heavy atom. The van der Waals surface area contributed by atoms with E-state index in [0.29, 0.717) is 0 Å². The molecule has 0 saturated heterocycles. The molecule has 7 nitrogen and oxygen atoms in total. The number of carbonyl (C=O) groups is 1. The average Bonchev–Trinajstić information content (AvgIpc) is 2.29. The molecule has 0 spiro atoms. The highest BCUT2D eigenvalue weighted by Gasteiger charge is 2.35. The lowest BCUT2D eigenvalue weighted by atomic mass is 9.82. The molecule has 2 N–H and O–H groups in total. The lowest BCUT2D eigenvalue weighted by Crippen LogP contribution is -2.48. The molecular formula is C13H19N3O4. The molecule has 2 rings (SSSR count). The van der Waals surface area contributed by atoms with E-state index in [-0.39, 0.29) is 28.8 Å². The summed E-state index contributed by atoms with van der Waals surface area (Å²) < 4.78 is 6.44. The lowest BCUT2D eigenvalue weighted by Gasteiger charge is -2.37. The van der Waals surface area contributed by atoms with Crippen molar-refractivity contribution in [3.63, 3.8) is 0 Å². The Morgan fingerprint density at radius 2 is 2.20 bits per heavy atom. The molecule has 0 radical (unpaired) electrons. The van der Waals surface area contributed by atoms with Gasteiger partial charge in [-0.05, 0) is 40.0 Å². The Morgan fingerprint density at radius 1 is 1.55 bits per heavy atom. The highest BCUT2D eigenvalue weighted by Crippen LogP contribution is 2.32. The molecule has 7 heteroatoms. The van der Waals surface area contributed by atoms with Crippen molar-refractivity contribution in [3.05, 3.63) is 17.4 Å². The Bertz CT molecular complexity index is 575. The van der Waals surface area contributed by atoms with Crippen LogP contribution in [0.5, 0.6) is 5.88 Å². The van der Waals surface area contributed by atoms with Crippen LogP contribution < -0.4 is 15.2 Å². The molecule has 110 valence electrons. The second kappa shape index (κ2) is 5.15. The topological polar surface area (TPSA) is 97.4 Å². The molecular weight excluding hydrogens is 262 g/mol. The van der Waals surface area contributed by atoms with Crippen LogP contribution in [0.1, 0.15) is 50.4 Å². The third kappa shape index (κ3) is 2.92. The molecule has 1 fully saturated rings. The highest BCUT2D eigenvalue weighted by atomic mass is 16.7. The van der Waals surface area contributed by atoms with Gasteiger partial charge in [0.15, 0.2) is 0 Å². The molecule has 1 aromatic heterocycles. The number of carboxylic acid groups (broad SMARTS) is 1. The molecule has 0 amide bonds. The molecule has 1 heterocycles. The van der Waals surface area contributed by atoms with Crippen molar-refractivity contribution in [2.75, 3.05) is 0 Å². The lowest BCUT2D eigenvalue weighted by molar-refractivity contribution is -0.0984. The number of aromatic nitrogens is 2. The Labute approximate surface area is 116 Å². The van der Waals surface area contributed by atoms with E-state index in [1.165, 1.54) is 6.20 Å². The van der Waals surface area contributed by atoms with Gasteiger partial charge in [-0.3, -0.25) is 5.41 Å². The van der Waals surface area contributed by atoms with E-state index in [4.69, 9.17) is 15.0 Å². The van der Waals surface area contributed by atoms with Crippen LogP contribution in [0.25, 0.3) is 0 Å². The maximum absolute atomic E-state index is 11.3. The molecule has 0 aromatic carbocycles. The van der Waals surface area contributed by atoms with Crippen LogP contribution in [0, 0.1) is 5.41 Å². The van der Waals surface area contributed by atoms with E-state index in [1.807, 2.05) is 6.92 Å². The molecule has 1 aromatic rings. The van der Waals surface area contributed by atoms with E-state index in [0.717, 1.165) is 24.0 Å². The zero-order chi connectivity index (χ0) is 14.9. The van der Waals surface area contributed by atoms with Crippen molar-refractivity contribution in [2.24, 2.45) is 0 Å². The van der Waals surface area contributed by atoms with E-state index >= 15 is 0 Å². The van der Waals surface area contributed by atoms with Crippen LogP contribution in [0.3, 0.4) is 0 Å². The van der Waals surface area contributed by atoms with Crippen molar-refractivity contribution in [3.8, 4) is 5.88 Å². The summed E-state index contributed by atoms with van der Waals surface area (Å²) >= 11 is 0. The van der Waals surface area contributed by atoms with Gasteiger partial charge in [0.25, 0.3) is 5.62 Å². The molecule has 20 heavy (non-hydrogen) atoms. The predicted octanol–water partition coefficient (Wildman–Crippen LogP) is 1.22. The van der Waals surface area contributed by atoms with Crippen molar-refractivity contribution in [1.29, 1.82) is 5.41 Å². The van der Waals surface area contributed by atoms with Gasteiger partial charge in [-0.2, -0.15) is 9.71 Å². The maximum Gasteiger partial charge on any atom is 0.342 e. The number of nitrogens with one attached hydrogen (secondary N) is 1. The van der Waals surface area contributed by atoms with Gasteiger partial charge in [0.2, 0.25) is 5.88 Å². The fourth-order valence-electron chi connectivity index (χ4n) is 1.97. The number of carboxylic acids is 1. The van der Waals surface area contributed by atoms with Gasteiger partial charge in [-0.15, -0.1) is 0 Å². The Hall–Kier alpha value is -2.05. The van der Waals surface area contributed by atoms with Gasteiger partial charge >= 0.3 is 5.97 Å². The summed E-state index contributed by atoms with van der Waals surface area (Å²) in [5.41, 5.74) is -0.644. The van der Waals surface area contributed by atoms with Crippen LogP contribution in [0.2, 0.25) is 0 Å². The summed E-state index contributed by atoms with van der Waals surface area (Å²) in [5, 5.41) is 17.0. The number of ether oxygens (including phenoxy) is 1. The minimum Gasteiger partial charge on any atom is -0.477 e. The molecule has 0 bridgehead atoms. The average molecular weight is 281 g/mol. The fraction of sp³-hybridized carbons (Fsp3) is 0.615. The van der Waals surface area contributed by atoms with Crippen LogP contribution in [-0.4, -0.2) is 32.5 Å². The van der Waals surface area contributed by atoms with Gasteiger partial charge in [-0.1, -0.05) is 0 Å². The summed E-state index contributed by atoms with van der Waals surface area (Å²) in [7, 11) is 0. The zero-order valence-electron chi connectivity index (χ0n) is 11.8. The first-order valence-corrected chi connectivity index (χ1v) is 6.58. The standard InChI is InChI=1S/C13H19N3O4/c1-8(2)19-10-9(11(17)18)7-16(12(14)15-10)20-13(3)5-4-6-13/h7-8,14H,4-6H2,1-3H3,(H,17,18). The van der Waals surface area contributed by atoms with E-state index < -0.39 is 5.97 Å². The quantitative estimate of drug-likeness (QED) is 0.845. The predicted molar refractivity (Wildman–Crippen MR) is 69.6 cm³/mol. The summed E-state index contributed by atoms with van der Waals surface area (Å²) in [6, 6.07) is 0. The first-order chi connectivity index (χ1) is 9.31.